The number of hydrogen-bond acceptors (Lipinski definition) is 3. The lowest BCUT2D eigenvalue weighted by molar-refractivity contribution is -0.145. The number of fused-ring (bicyclic) bond motifs is 1. The van der Waals surface area contributed by atoms with Crippen LogP contribution in [-0.2, 0) is 14.4 Å². The van der Waals surface area contributed by atoms with E-state index in [0.717, 1.165) is 12.8 Å². The molecule has 116 valence electrons. The van der Waals surface area contributed by atoms with E-state index in [9.17, 15) is 14.4 Å². The second-order valence-electron chi connectivity index (χ2n) is 5.67. The third kappa shape index (κ3) is 4.31. The highest BCUT2D eigenvalue weighted by molar-refractivity contribution is 5.84. The monoisotopic (exact) mass is 294 g/mol. The van der Waals surface area contributed by atoms with Crippen LogP contribution in [0, 0.1) is 5.92 Å². The molecule has 0 radical (unpaired) electrons. The molecular formula is C15H22N2O4. The molecule has 0 saturated carbocycles. The molecule has 0 aliphatic carbocycles. The number of allylic oxidation sites excluding steroid dienone is 2. The number of carbonyl (C=O) groups is 3. The van der Waals surface area contributed by atoms with Gasteiger partial charge < -0.3 is 15.3 Å². The number of carboxylic acid groups (broad SMARTS) is 1. The van der Waals surface area contributed by atoms with Crippen molar-refractivity contribution >= 4 is 17.8 Å². The van der Waals surface area contributed by atoms with Gasteiger partial charge in [-0.05, 0) is 25.7 Å². The molecule has 0 aromatic carbocycles. The molecule has 1 fully saturated rings. The number of rotatable bonds is 2. The molecule has 0 aromatic rings. The summed E-state index contributed by atoms with van der Waals surface area (Å²) in [5.74, 6) is -1.55. The summed E-state index contributed by atoms with van der Waals surface area (Å²) in [6.45, 7) is 1.12. The lowest BCUT2D eigenvalue weighted by atomic mass is 9.98. The Morgan fingerprint density at radius 2 is 2.19 bits per heavy atom. The number of nitrogens with zero attached hydrogens (tertiary/aromatic N) is 1. The predicted molar refractivity (Wildman–Crippen MR) is 76.5 cm³/mol. The van der Waals surface area contributed by atoms with Crippen LogP contribution in [0.5, 0.6) is 0 Å². The van der Waals surface area contributed by atoms with Gasteiger partial charge in [0, 0.05) is 25.6 Å². The van der Waals surface area contributed by atoms with Crippen LogP contribution in [0.15, 0.2) is 12.2 Å². The highest BCUT2D eigenvalue weighted by atomic mass is 16.4. The molecule has 2 aliphatic rings. The van der Waals surface area contributed by atoms with Gasteiger partial charge in [0.1, 0.15) is 0 Å². The first-order valence-electron chi connectivity index (χ1n) is 7.52. The number of amides is 2. The van der Waals surface area contributed by atoms with Crippen LogP contribution >= 0.6 is 0 Å². The fourth-order valence-corrected chi connectivity index (χ4v) is 2.97. The first-order valence-corrected chi connectivity index (χ1v) is 7.52. The first kappa shape index (κ1) is 15.5. The Morgan fingerprint density at radius 3 is 2.95 bits per heavy atom. The van der Waals surface area contributed by atoms with E-state index < -0.39 is 11.9 Å². The van der Waals surface area contributed by atoms with E-state index in [2.05, 4.69) is 5.32 Å². The van der Waals surface area contributed by atoms with Gasteiger partial charge in [0.05, 0.1) is 12.3 Å². The molecular weight excluding hydrogens is 272 g/mol. The zero-order valence-electron chi connectivity index (χ0n) is 12.1. The second kappa shape index (κ2) is 7.24. The summed E-state index contributed by atoms with van der Waals surface area (Å²) >= 11 is 0. The predicted octanol–water partition coefficient (Wildman–Crippen LogP) is 0.925. The van der Waals surface area contributed by atoms with E-state index in [4.69, 9.17) is 5.11 Å². The number of nitrogens with one attached hydrogen (secondary N) is 1. The van der Waals surface area contributed by atoms with Gasteiger partial charge in [-0.2, -0.15) is 0 Å². The number of hydrogen-bond donors (Lipinski definition) is 2. The fourth-order valence-electron chi connectivity index (χ4n) is 2.97. The van der Waals surface area contributed by atoms with Gasteiger partial charge in [-0.25, -0.2) is 0 Å². The average Bonchev–Trinajstić information content (AvgIpc) is 2.89. The highest BCUT2D eigenvalue weighted by Gasteiger charge is 2.33. The minimum Gasteiger partial charge on any atom is -0.481 e. The Kier molecular flexibility index (Phi) is 5.36. The Balaban J connectivity index is 2.14. The second-order valence-corrected chi connectivity index (χ2v) is 5.67. The van der Waals surface area contributed by atoms with Gasteiger partial charge in [0.25, 0.3) is 0 Å². The molecule has 2 N–H and O–H groups in total. The average molecular weight is 294 g/mol. The van der Waals surface area contributed by atoms with Gasteiger partial charge >= 0.3 is 5.97 Å². The summed E-state index contributed by atoms with van der Waals surface area (Å²) in [5, 5.41) is 11.9. The first-order chi connectivity index (χ1) is 10.1. The zero-order chi connectivity index (χ0) is 15.2. The van der Waals surface area contributed by atoms with Crippen LogP contribution in [0.25, 0.3) is 0 Å². The summed E-state index contributed by atoms with van der Waals surface area (Å²) in [7, 11) is 0. The van der Waals surface area contributed by atoms with Crippen molar-refractivity contribution in [2.75, 3.05) is 13.1 Å². The Morgan fingerprint density at radius 1 is 1.38 bits per heavy atom. The lowest BCUT2D eigenvalue weighted by Gasteiger charge is -2.28. The standard InChI is InChI=1S/C15H22N2O4/c18-13-7-3-1-2-5-11(9-14(19)20)15(21)17-8-4-6-12(17)10-16-13/h1-2,11-12H,3-10H2,(H,16,18)(H,19,20)/b2-1-/t11-,12-/m0/s1. The van der Waals surface area contributed by atoms with Crippen LogP contribution in [0.1, 0.15) is 38.5 Å². The molecule has 2 amide bonds. The Labute approximate surface area is 124 Å². The fraction of sp³-hybridized carbons (Fsp3) is 0.667. The molecule has 2 aliphatic heterocycles. The van der Waals surface area contributed by atoms with Crippen LogP contribution < -0.4 is 5.32 Å². The molecule has 0 aromatic heterocycles. The lowest BCUT2D eigenvalue weighted by Crippen LogP contribution is -2.45. The Bertz CT molecular complexity index is 447. The van der Waals surface area contributed by atoms with Gasteiger partial charge in [-0.3, -0.25) is 14.4 Å². The van der Waals surface area contributed by atoms with Crippen molar-refractivity contribution in [2.45, 2.75) is 44.6 Å². The number of carbonyl (C=O) groups excluding carboxylic acids is 2. The van der Waals surface area contributed by atoms with Gasteiger partial charge in [-0.1, -0.05) is 12.2 Å². The van der Waals surface area contributed by atoms with Crippen molar-refractivity contribution in [3.8, 4) is 0 Å². The third-order valence-corrected chi connectivity index (χ3v) is 4.09. The third-order valence-electron chi connectivity index (χ3n) is 4.09. The molecule has 0 unspecified atom stereocenters. The molecule has 0 spiro atoms. The van der Waals surface area contributed by atoms with E-state index in [1.807, 2.05) is 12.2 Å². The molecule has 2 atom stereocenters. The maximum absolute atomic E-state index is 12.6. The molecule has 6 heteroatoms. The summed E-state index contributed by atoms with van der Waals surface area (Å²) in [6, 6.07) is 0.00107. The zero-order valence-corrected chi connectivity index (χ0v) is 12.1. The minimum atomic E-state index is -0.946. The van der Waals surface area contributed by atoms with Crippen molar-refractivity contribution < 1.29 is 19.5 Å². The van der Waals surface area contributed by atoms with Crippen molar-refractivity contribution in [2.24, 2.45) is 5.92 Å². The van der Waals surface area contributed by atoms with Crippen molar-refractivity contribution in [1.29, 1.82) is 0 Å². The molecule has 1 saturated heterocycles. The smallest absolute Gasteiger partial charge is 0.304 e. The van der Waals surface area contributed by atoms with Crippen LogP contribution in [0.3, 0.4) is 0 Å². The summed E-state index contributed by atoms with van der Waals surface area (Å²) < 4.78 is 0. The summed E-state index contributed by atoms with van der Waals surface area (Å²) in [6.07, 6.45) is 6.78. The number of carboxylic acids is 1. The Hall–Kier alpha value is -1.85. The number of aliphatic carboxylic acids is 1. The topological polar surface area (TPSA) is 86.7 Å². The SMILES string of the molecule is O=C(O)C[C@@H]1C/C=C\CCC(=O)NC[C@@H]2CCCN2C1=O. The van der Waals surface area contributed by atoms with Crippen LogP contribution in [0.4, 0.5) is 0 Å². The van der Waals surface area contributed by atoms with Crippen LogP contribution in [-0.4, -0.2) is 46.9 Å². The normalized spacial score (nSPS) is 29.0. The largest absolute Gasteiger partial charge is 0.481 e. The quantitative estimate of drug-likeness (QED) is 0.742. The maximum atomic E-state index is 12.6. The van der Waals surface area contributed by atoms with E-state index in [-0.39, 0.29) is 24.3 Å². The van der Waals surface area contributed by atoms with E-state index in [1.54, 1.807) is 4.90 Å². The summed E-state index contributed by atoms with van der Waals surface area (Å²) in [4.78, 5) is 37.0. The van der Waals surface area contributed by atoms with Gasteiger partial charge in [0.2, 0.25) is 11.8 Å². The van der Waals surface area contributed by atoms with E-state index >= 15 is 0 Å². The molecule has 21 heavy (non-hydrogen) atoms. The molecule has 2 rings (SSSR count). The molecule has 0 bridgehead atoms. The molecule has 6 nitrogen and oxygen atoms in total. The van der Waals surface area contributed by atoms with Crippen molar-refractivity contribution in [3.63, 3.8) is 0 Å². The minimum absolute atomic E-state index is 0.00107. The van der Waals surface area contributed by atoms with E-state index in [1.165, 1.54) is 0 Å². The van der Waals surface area contributed by atoms with Crippen molar-refractivity contribution in [1.82, 2.24) is 10.2 Å². The maximum Gasteiger partial charge on any atom is 0.304 e. The van der Waals surface area contributed by atoms with Gasteiger partial charge in [0.15, 0.2) is 0 Å². The molecule has 2 heterocycles. The summed E-state index contributed by atoms with van der Waals surface area (Å²) in [5.41, 5.74) is 0. The van der Waals surface area contributed by atoms with Crippen LogP contribution in [0.2, 0.25) is 0 Å². The van der Waals surface area contributed by atoms with Gasteiger partial charge in [-0.15, -0.1) is 0 Å². The van der Waals surface area contributed by atoms with E-state index in [0.29, 0.717) is 32.4 Å². The highest BCUT2D eigenvalue weighted by Crippen LogP contribution is 2.23. The van der Waals surface area contributed by atoms with Crippen molar-refractivity contribution in [3.05, 3.63) is 12.2 Å².